The van der Waals surface area contributed by atoms with E-state index in [1.807, 2.05) is 0 Å². The molecule has 2 aromatic rings. The number of furan rings is 1. The maximum atomic E-state index is 10.4. The third kappa shape index (κ3) is 1.23. The summed E-state index contributed by atoms with van der Waals surface area (Å²) < 4.78 is 5.89. The van der Waals surface area contributed by atoms with Gasteiger partial charge in [0.05, 0.1) is 5.39 Å². The Balaban J connectivity index is 2.84. The van der Waals surface area contributed by atoms with Crippen molar-refractivity contribution in [3.63, 3.8) is 0 Å². The Morgan fingerprint density at radius 1 is 1.46 bits per heavy atom. The van der Waals surface area contributed by atoms with E-state index in [0.717, 1.165) is 4.47 Å². The van der Waals surface area contributed by atoms with Crippen LogP contribution in [-0.4, -0.2) is 11.4 Å². The van der Waals surface area contributed by atoms with Gasteiger partial charge in [0.1, 0.15) is 5.58 Å². The minimum atomic E-state index is -0.105. The molecule has 3 nitrogen and oxygen atoms in total. The number of carbonyl (C=O) groups is 1. The Bertz CT molecular complexity index is 473. The van der Waals surface area contributed by atoms with Crippen LogP contribution in [0.4, 0.5) is 0 Å². The predicted molar refractivity (Wildman–Crippen MR) is 51.0 cm³/mol. The first kappa shape index (κ1) is 8.31. The van der Waals surface area contributed by atoms with Gasteiger partial charge in [-0.3, -0.25) is 4.79 Å². The summed E-state index contributed by atoms with van der Waals surface area (Å²) in [6.07, 6.45) is 0.489. The molecule has 0 radical (unpaired) electrons. The second kappa shape index (κ2) is 2.88. The molecule has 0 aliphatic rings. The maximum Gasteiger partial charge on any atom is 0.209 e. The smallest absolute Gasteiger partial charge is 0.209 e. The Hall–Kier alpha value is -1.29. The van der Waals surface area contributed by atoms with E-state index in [-0.39, 0.29) is 11.5 Å². The second-order valence-electron chi connectivity index (χ2n) is 2.57. The maximum absolute atomic E-state index is 10.4. The molecule has 0 fully saturated rings. The van der Waals surface area contributed by atoms with Gasteiger partial charge in [-0.15, -0.1) is 0 Å². The van der Waals surface area contributed by atoms with E-state index in [9.17, 15) is 9.90 Å². The first-order chi connectivity index (χ1) is 6.22. The number of benzene rings is 1. The molecule has 0 saturated carbocycles. The zero-order valence-corrected chi connectivity index (χ0v) is 8.04. The lowest BCUT2D eigenvalue weighted by atomic mass is 10.2. The van der Waals surface area contributed by atoms with Gasteiger partial charge in [-0.2, -0.15) is 0 Å². The monoisotopic (exact) mass is 240 g/mol. The van der Waals surface area contributed by atoms with Gasteiger partial charge in [0.2, 0.25) is 5.76 Å². The highest BCUT2D eigenvalue weighted by atomic mass is 79.9. The van der Waals surface area contributed by atoms with Gasteiger partial charge in [0.25, 0.3) is 0 Å². The molecule has 0 amide bonds. The molecule has 1 N–H and O–H groups in total. The van der Waals surface area contributed by atoms with Gasteiger partial charge in [-0.05, 0) is 18.2 Å². The zero-order chi connectivity index (χ0) is 9.42. The molecular weight excluding hydrogens is 236 g/mol. The summed E-state index contributed by atoms with van der Waals surface area (Å²) in [4.78, 5) is 10.4. The fourth-order valence-corrected chi connectivity index (χ4v) is 1.52. The van der Waals surface area contributed by atoms with Gasteiger partial charge < -0.3 is 9.52 Å². The van der Waals surface area contributed by atoms with E-state index in [1.54, 1.807) is 18.2 Å². The number of aldehydes is 1. The van der Waals surface area contributed by atoms with Crippen LogP contribution in [0.3, 0.4) is 0 Å². The van der Waals surface area contributed by atoms with Crippen LogP contribution in [0.15, 0.2) is 27.1 Å². The summed E-state index contributed by atoms with van der Waals surface area (Å²) in [7, 11) is 0. The Morgan fingerprint density at radius 2 is 2.23 bits per heavy atom. The van der Waals surface area contributed by atoms with Crippen molar-refractivity contribution in [3.8, 4) is 5.75 Å². The number of halogens is 1. The van der Waals surface area contributed by atoms with E-state index in [1.165, 1.54) is 0 Å². The molecule has 1 heterocycles. The lowest BCUT2D eigenvalue weighted by Crippen LogP contribution is -1.70. The first-order valence-electron chi connectivity index (χ1n) is 3.58. The van der Waals surface area contributed by atoms with Crippen LogP contribution < -0.4 is 0 Å². The fraction of sp³-hybridized carbons (Fsp3) is 0. The molecule has 0 saturated heterocycles. The molecule has 13 heavy (non-hydrogen) atoms. The van der Waals surface area contributed by atoms with Crippen LogP contribution >= 0.6 is 15.9 Å². The number of fused-ring (bicyclic) bond motifs is 1. The lowest BCUT2D eigenvalue weighted by molar-refractivity contribution is 0.109. The van der Waals surface area contributed by atoms with Gasteiger partial charge in [0.15, 0.2) is 12.0 Å². The molecule has 0 spiro atoms. The summed E-state index contributed by atoms with van der Waals surface area (Å²) in [5, 5.41) is 10.0. The molecule has 4 heteroatoms. The molecular formula is C9H5BrO3. The summed E-state index contributed by atoms with van der Waals surface area (Å²) in [5.41, 5.74) is 0.503. The second-order valence-corrected chi connectivity index (χ2v) is 3.49. The largest absolute Gasteiger partial charge is 0.504 e. The van der Waals surface area contributed by atoms with Crippen molar-refractivity contribution in [1.82, 2.24) is 0 Å². The Labute approximate surface area is 82.1 Å². The SMILES string of the molecule is O=Cc1oc2ccc(Br)cc2c1O. The van der Waals surface area contributed by atoms with Crippen LogP contribution in [0.1, 0.15) is 10.6 Å². The number of hydrogen-bond donors (Lipinski definition) is 1. The lowest BCUT2D eigenvalue weighted by Gasteiger charge is -1.89. The van der Waals surface area contributed by atoms with Crippen molar-refractivity contribution in [2.75, 3.05) is 0 Å². The van der Waals surface area contributed by atoms with Gasteiger partial charge in [-0.1, -0.05) is 15.9 Å². The predicted octanol–water partition coefficient (Wildman–Crippen LogP) is 2.71. The molecule has 0 bridgehead atoms. The number of carbonyl (C=O) groups excluding carboxylic acids is 1. The van der Waals surface area contributed by atoms with Crippen LogP contribution in [0.5, 0.6) is 5.75 Å². The van der Waals surface area contributed by atoms with E-state index < -0.39 is 0 Å². The number of aromatic hydroxyl groups is 1. The molecule has 0 atom stereocenters. The molecule has 66 valence electrons. The highest BCUT2D eigenvalue weighted by molar-refractivity contribution is 9.10. The topological polar surface area (TPSA) is 50.4 Å². The van der Waals surface area contributed by atoms with E-state index in [0.29, 0.717) is 17.3 Å². The highest BCUT2D eigenvalue weighted by Crippen LogP contribution is 2.32. The standard InChI is InChI=1S/C9H5BrO3/c10-5-1-2-7-6(3-5)9(12)8(4-11)13-7/h1-4,12H. The fourth-order valence-electron chi connectivity index (χ4n) is 1.16. The molecule has 0 aliphatic heterocycles. The van der Waals surface area contributed by atoms with E-state index in [2.05, 4.69) is 15.9 Å². The van der Waals surface area contributed by atoms with Crippen molar-refractivity contribution in [3.05, 3.63) is 28.4 Å². The molecule has 1 aromatic heterocycles. The first-order valence-corrected chi connectivity index (χ1v) is 4.38. The summed E-state index contributed by atoms with van der Waals surface area (Å²) >= 11 is 3.26. The molecule has 0 aliphatic carbocycles. The van der Waals surface area contributed by atoms with Crippen LogP contribution in [-0.2, 0) is 0 Å². The normalized spacial score (nSPS) is 10.5. The van der Waals surface area contributed by atoms with Crippen LogP contribution in [0.2, 0.25) is 0 Å². The Morgan fingerprint density at radius 3 is 2.92 bits per heavy atom. The van der Waals surface area contributed by atoms with E-state index in [4.69, 9.17) is 4.42 Å². The summed E-state index contributed by atoms with van der Waals surface area (Å²) in [6.45, 7) is 0. The van der Waals surface area contributed by atoms with Crippen molar-refractivity contribution in [2.24, 2.45) is 0 Å². The van der Waals surface area contributed by atoms with Crippen molar-refractivity contribution in [2.45, 2.75) is 0 Å². The summed E-state index contributed by atoms with van der Waals surface area (Å²) in [5.74, 6) is -0.139. The Kier molecular flexibility index (Phi) is 1.84. The molecule has 2 rings (SSSR count). The van der Waals surface area contributed by atoms with Crippen molar-refractivity contribution >= 4 is 33.2 Å². The van der Waals surface area contributed by atoms with Gasteiger partial charge >= 0.3 is 0 Å². The third-order valence-corrected chi connectivity index (χ3v) is 2.25. The number of rotatable bonds is 1. The van der Waals surface area contributed by atoms with Crippen LogP contribution in [0.25, 0.3) is 11.0 Å². The van der Waals surface area contributed by atoms with Crippen molar-refractivity contribution in [1.29, 1.82) is 0 Å². The number of hydrogen-bond acceptors (Lipinski definition) is 3. The highest BCUT2D eigenvalue weighted by Gasteiger charge is 2.11. The van der Waals surface area contributed by atoms with Crippen molar-refractivity contribution < 1.29 is 14.3 Å². The third-order valence-electron chi connectivity index (χ3n) is 1.76. The summed E-state index contributed by atoms with van der Waals surface area (Å²) in [6, 6.07) is 5.16. The molecule has 0 unspecified atom stereocenters. The zero-order valence-electron chi connectivity index (χ0n) is 6.45. The minimum Gasteiger partial charge on any atom is -0.504 e. The average Bonchev–Trinajstić information content (AvgIpc) is 2.44. The van der Waals surface area contributed by atoms with Gasteiger partial charge in [-0.25, -0.2) is 0 Å². The minimum absolute atomic E-state index is 0.0342. The van der Waals surface area contributed by atoms with Gasteiger partial charge in [0, 0.05) is 4.47 Å². The quantitative estimate of drug-likeness (QED) is 0.781. The van der Waals surface area contributed by atoms with E-state index >= 15 is 0 Å². The van der Waals surface area contributed by atoms with Crippen LogP contribution in [0, 0.1) is 0 Å². The molecule has 1 aromatic carbocycles. The average molecular weight is 241 g/mol.